The van der Waals surface area contributed by atoms with E-state index in [2.05, 4.69) is 4.90 Å². The zero-order valence-electron chi connectivity index (χ0n) is 32.2. The van der Waals surface area contributed by atoms with Gasteiger partial charge in [0.15, 0.2) is 0 Å². The summed E-state index contributed by atoms with van der Waals surface area (Å²) in [6, 6.07) is 26.1. The Morgan fingerprint density at radius 3 is 1.04 bits per heavy atom. The third-order valence-corrected chi connectivity index (χ3v) is 15.7. The molecular weight excluding hydrogens is 775 g/mol. The molecular formula is C40H51N5O8S3. The van der Waals surface area contributed by atoms with E-state index in [1.54, 1.807) is 84.9 Å². The van der Waals surface area contributed by atoms with Crippen LogP contribution in [0.2, 0.25) is 0 Å². The summed E-state index contributed by atoms with van der Waals surface area (Å²) in [5.41, 5.74) is 3.54. The van der Waals surface area contributed by atoms with Gasteiger partial charge in [-0.3, -0.25) is 15.0 Å². The van der Waals surface area contributed by atoms with E-state index in [0.717, 1.165) is 22.3 Å². The van der Waals surface area contributed by atoms with Gasteiger partial charge in [0.25, 0.3) is 5.69 Å². The Balaban J connectivity index is 1.46. The van der Waals surface area contributed by atoms with Gasteiger partial charge in [0.05, 0.1) is 19.6 Å². The maximum atomic E-state index is 14.1. The molecule has 0 spiro atoms. The lowest BCUT2D eigenvalue weighted by Crippen LogP contribution is -2.40. The Morgan fingerprint density at radius 2 is 0.750 bits per heavy atom. The van der Waals surface area contributed by atoms with E-state index in [-0.39, 0.29) is 72.5 Å². The zero-order chi connectivity index (χ0) is 40.5. The van der Waals surface area contributed by atoms with Gasteiger partial charge in [-0.05, 0) is 102 Å². The summed E-state index contributed by atoms with van der Waals surface area (Å²) >= 11 is 0. The second kappa shape index (κ2) is 18.9. The van der Waals surface area contributed by atoms with E-state index in [9.17, 15) is 35.4 Å². The molecule has 4 aromatic carbocycles. The average Bonchev–Trinajstić information content (AvgIpc) is 3.16. The van der Waals surface area contributed by atoms with Crippen molar-refractivity contribution >= 4 is 35.8 Å². The van der Waals surface area contributed by atoms with Gasteiger partial charge in [-0.25, -0.2) is 25.3 Å². The molecule has 0 unspecified atom stereocenters. The summed E-state index contributed by atoms with van der Waals surface area (Å²) in [6.07, 6.45) is 1.26. The highest BCUT2D eigenvalue weighted by atomic mass is 32.2. The van der Waals surface area contributed by atoms with Crippen molar-refractivity contribution in [3.63, 3.8) is 0 Å². The van der Waals surface area contributed by atoms with Crippen molar-refractivity contribution in [1.82, 2.24) is 17.8 Å². The molecule has 0 amide bonds. The molecule has 5 rings (SSSR count). The molecule has 0 aliphatic carbocycles. The Bertz CT molecular complexity index is 2160. The Hall–Kier alpha value is -4.03. The molecule has 1 aliphatic heterocycles. The van der Waals surface area contributed by atoms with Crippen molar-refractivity contribution in [3.8, 4) is 0 Å². The molecule has 0 aromatic heterocycles. The van der Waals surface area contributed by atoms with Crippen LogP contribution >= 0.6 is 0 Å². The van der Waals surface area contributed by atoms with E-state index < -0.39 is 35.0 Å². The second-order valence-corrected chi connectivity index (χ2v) is 20.1. The largest absolute Gasteiger partial charge is 0.299 e. The maximum Gasteiger partial charge on any atom is 0.269 e. The fourth-order valence-electron chi connectivity index (χ4n) is 6.67. The molecule has 0 atom stereocenters. The lowest BCUT2D eigenvalue weighted by atomic mass is 10.2. The van der Waals surface area contributed by atoms with Crippen LogP contribution in [0.4, 0.5) is 5.69 Å². The quantitative estimate of drug-likeness (QED) is 0.147. The predicted octanol–water partition coefficient (Wildman–Crippen LogP) is 5.97. The number of hydrogen-bond acceptors (Lipinski definition) is 9. The van der Waals surface area contributed by atoms with Gasteiger partial charge in [-0.15, -0.1) is 0 Å². The van der Waals surface area contributed by atoms with E-state index in [1.165, 1.54) is 25.0 Å². The van der Waals surface area contributed by atoms with Crippen LogP contribution in [0, 0.1) is 30.9 Å². The molecule has 4 aromatic rings. The molecule has 56 heavy (non-hydrogen) atoms. The summed E-state index contributed by atoms with van der Waals surface area (Å²) in [5.74, 6) is 0. The number of rotatable bonds is 9. The van der Waals surface area contributed by atoms with Gasteiger partial charge >= 0.3 is 0 Å². The molecule has 1 saturated heterocycles. The minimum atomic E-state index is -4.01. The monoisotopic (exact) mass is 825 g/mol. The van der Waals surface area contributed by atoms with Crippen LogP contribution in [0.1, 0.15) is 47.9 Å². The Kier molecular flexibility index (Phi) is 14.6. The standard InChI is InChI=1S/C40H51N5O8S3/c1-33-8-18-38(19-9-33)54(48,49)42-26-4-24-41(32-36-14-16-37(17-15-36)45(46)47)25-5-27-43(55(50,51)39-20-10-34(2)11-21-39)29-7-31-44(30-6-28-42)56(52,53)40-22-12-35(3)13-23-40/h8-23H,4-7,24-32H2,1-3H3. The van der Waals surface area contributed by atoms with Gasteiger partial charge in [0.1, 0.15) is 0 Å². The van der Waals surface area contributed by atoms with Gasteiger partial charge < -0.3 is 0 Å². The van der Waals surface area contributed by atoms with Gasteiger partial charge in [0.2, 0.25) is 30.1 Å². The van der Waals surface area contributed by atoms with Crippen LogP contribution in [-0.2, 0) is 36.6 Å². The summed E-state index contributed by atoms with van der Waals surface area (Å²) in [7, 11) is -11.9. The maximum absolute atomic E-state index is 14.1. The van der Waals surface area contributed by atoms with Gasteiger partial charge in [-0.2, -0.15) is 12.9 Å². The van der Waals surface area contributed by atoms with Crippen molar-refractivity contribution in [2.75, 3.05) is 52.4 Å². The SMILES string of the molecule is Cc1ccc(S(=O)(=O)N2CCCN(Cc3ccc([N+](=O)[O-])cc3)CCCN(S(=O)(=O)c3ccc(C)cc3)CCCN(S(=O)(=O)c3ccc(C)cc3)CCC2)cc1. The molecule has 302 valence electrons. The van der Waals surface area contributed by atoms with Crippen molar-refractivity contribution in [2.24, 2.45) is 0 Å². The molecule has 0 radical (unpaired) electrons. The molecule has 1 aliphatic rings. The van der Waals surface area contributed by atoms with Crippen LogP contribution in [0.5, 0.6) is 0 Å². The Morgan fingerprint density at radius 1 is 0.464 bits per heavy atom. The van der Waals surface area contributed by atoms with E-state index in [4.69, 9.17) is 0 Å². The highest BCUT2D eigenvalue weighted by Gasteiger charge is 2.30. The number of nitro benzene ring substituents is 1. The summed E-state index contributed by atoms with van der Waals surface area (Å²) in [5, 5.41) is 11.3. The van der Waals surface area contributed by atoms with Crippen LogP contribution in [0.25, 0.3) is 0 Å². The van der Waals surface area contributed by atoms with E-state index in [1.807, 2.05) is 20.8 Å². The van der Waals surface area contributed by atoms with Crippen molar-refractivity contribution in [3.05, 3.63) is 129 Å². The Labute approximate surface area is 331 Å². The molecule has 1 heterocycles. The first-order valence-corrected chi connectivity index (χ1v) is 23.1. The van der Waals surface area contributed by atoms with Crippen LogP contribution in [-0.4, -0.2) is 100 Å². The topological polar surface area (TPSA) is 159 Å². The first kappa shape index (κ1) is 43.1. The predicted molar refractivity (Wildman–Crippen MR) is 217 cm³/mol. The molecule has 13 nitrogen and oxygen atoms in total. The highest BCUT2D eigenvalue weighted by molar-refractivity contribution is 7.89. The van der Waals surface area contributed by atoms with Crippen LogP contribution in [0.3, 0.4) is 0 Å². The minimum Gasteiger partial charge on any atom is -0.299 e. The summed E-state index contributed by atoms with van der Waals surface area (Å²) < 4.78 is 88.5. The molecule has 16 heteroatoms. The van der Waals surface area contributed by atoms with Crippen molar-refractivity contribution < 1.29 is 30.2 Å². The average molecular weight is 826 g/mol. The number of non-ortho nitro benzene ring substituents is 1. The van der Waals surface area contributed by atoms with Crippen LogP contribution < -0.4 is 0 Å². The first-order chi connectivity index (χ1) is 26.6. The lowest BCUT2D eigenvalue weighted by molar-refractivity contribution is -0.384. The number of sulfonamides is 3. The number of benzene rings is 4. The summed E-state index contributed by atoms with van der Waals surface area (Å²) in [4.78, 5) is 13.3. The zero-order valence-corrected chi connectivity index (χ0v) is 34.6. The number of hydrogen-bond donors (Lipinski definition) is 0. The smallest absolute Gasteiger partial charge is 0.269 e. The van der Waals surface area contributed by atoms with E-state index >= 15 is 0 Å². The number of nitro groups is 1. The third-order valence-electron chi connectivity index (χ3n) is 9.92. The van der Waals surface area contributed by atoms with Crippen molar-refractivity contribution in [1.29, 1.82) is 0 Å². The fraction of sp³-hybridized carbons (Fsp3) is 0.400. The minimum absolute atomic E-state index is 0.0209. The highest BCUT2D eigenvalue weighted by Crippen LogP contribution is 2.23. The number of nitrogens with zero attached hydrogens (tertiary/aromatic N) is 5. The second-order valence-electron chi connectivity index (χ2n) is 14.3. The molecule has 0 bridgehead atoms. The molecule has 0 saturated carbocycles. The summed E-state index contributed by atoms with van der Waals surface area (Å²) in [6.45, 7) is 7.43. The fourth-order valence-corrected chi connectivity index (χ4v) is 11.2. The van der Waals surface area contributed by atoms with Crippen LogP contribution in [0.15, 0.2) is 112 Å². The van der Waals surface area contributed by atoms with Crippen molar-refractivity contribution in [2.45, 2.75) is 67.7 Å². The van der Waals surface area contributed by atoms with Gasteiger partial charge in [0, 0.05) is 57.9 Å². The molecule has 1 fully saturated rings. The molecule has 0 N–H and O–H groups in total. The van der Waals surface area contributed by atoms with Gasteiger partial charge in [-0.1, -0.05) is 65.2 Å². The normalized spacial score (nSPS) is 17.4. The first-order valence-electron chi connectivity index (χ1n) is 18.7. The number of aryl methyl sites for hydroxylation is 3. The lowest BCUT2D eigenvalue weighted by Gasteiger charge is -2.29. The third kappa shape index (κ3) is 11.1. The van der Waals surface area contributed by atoms with E-state index in [0.29, 0.717) is 32.5 Å².